The van der Waals surface area contributed by atoms with Gasteiger partial charge in [0.2, 0.25) is 0 Å². The number of carbonyl (C=O) groups is 1. The van der Waals surface area contributed by atoms with Crippen LogP contribution in [-0.2, 0) is 6.54 Å². The number of unbranched alkanes of at least 4 members (excludes halogenated alkanes) is 2. The molecule has 0 aliphatic rings. The fraction of sp³-hybridized carbons (Fsp3) is 0.615. The second kappa shape index (κ2) is 8.21. The van der Waals surface area contributed by atoms with Crippen LogP contribution in [-0.4, -0.2) is 29.6 Å². The van der Waals surface area contributed by atoms with Gasteiger partial charge in [-0.15, -0.1) is 0 Å². The fourth-order valence-electron chi connectivity index (χ4n) is 1.73. The van der Waals surface area contributed by atoms with Crippen molar-refractivity contribution in [3.8, 4) is 0 Å². The molecule has 18 heavy (non-hydrogen) atoms. The van der Waals surface area contributed by atoms with E-state index in [0.717, 1.165) is 13.0 Å². The lowest BCUT2D eigenvalue weighted by Crippen LogP contribution is -2.14. The molecule has 4 nitrogen and oxygen atoms in total. The number of furan rings is 1. The summed E-state index contributed by atoms with van der Waals surface area (Å²) in [5.74, 6) is 1.45. The molecule has 5 heteroatoms. The molecule has 0 unspecified atom stereocenters. The number of aryl methyl sites for hydroxylation is 1. The Bertz CT molecular complexity index is 376. The van der Waals surface area contributed by atoms with Crippen LogP contribution in [0, 0.1) is 6.92 Å². The molecule has 1 aromatic heterocycles. The second-order valence-corrected chi connectivity index (χ2v) is 5.20. The monoisotopic (exact) mass is 271 g/mol. The molecule has 0 aromatic carbocycles. The zero-order chi connectivity index (χ0) is 13.4. The van der Waals surface area contributed by atoms with Gasteiger partial charge in [-0.2, -0.15) is 11.8 Å². The van der Waals surface area contributed by atoms with Gasteiger partial charge in [0.1, 0.15) is 17.1 Å². The number of carboxylic acids is 1. The van der Waals surface area contributed by atoms with E-state index >= 15 is 0 Å². The largest absolute Gasteiger partial charge is 0.478 e. The molecule has 0 aliphatic heterocycles. The lowest BCUT2D eigenvalue weighted by molar-refractivity contribution is 0.0695. The Morgan fingerprint density at radius 2 is 2.22 bits per heavy atom. The highest BCUT2D eigenvalue weighted by Gasteiger charge is 2.12. The third-order valence-electron chi connectivity index (χ3n) is 2.70. The van der Waals surface area contributed by atoms with Crippen LogP contribution in [0.15, 0.2) is 10.5 Å². The molecule has 1 heterocycles. The molecule has 0 saturated heterocycles. The Labute approximate surface area is 112 Å². The summed E-state index contributed by atoms with van der Waals surface area (Å²) in [5.41, 5.74) is 0.256. The molecular formula is C13H21NO3S. The van der Waals surface area contributed by atoms with E-state index in [9.17, 15) is 4.79 Å². The summed E-state index contributed by atoms with van der Waals surface area (Å²) in [5, 5.41) is 12.2. The SMILES string of the molecule is CSCCCCCNCc1cc(C(=O)O)c(C)o1. The van der Waals surface area contributed by atoms with Gasteiger partial charge < -0.3 is 14.8 Å². The average molecular weight is 271 g/mol. The predicted octanol–water partition coefficient (Wildman–Crippen LogP) is 2.91. The van der Waals surface area contributed by atoms with Gasteiger partial charge in [-0.25, -0.2) is 4.79 Å². The van der Waals surface area contributed by atoms with E-state index in [1.807, 2.05) is 11.8 Å². The van der Waals surface area contributed by atoms with Crippen molar-refractivity contribution in [1.29, 1.82) is 0 Å². The zero-order valence-corrected chi connectivity index (χ0v) is 11.8. The first-order chi connectivity index (χ1) is 8.65. The molecule has 0 radical (unpaired) electrons. The maximum Gasteiger partial charge on any atom is 0.339 e. The van der Waals surface area contributed by atoms with Crippen LogP contribution >= 0.6 is 11.8 Å². The zero-order valence-electron chi connectivity index (χ0n) is 11.0. The van der Waals surface area contributed by atoms with Gasteiger partial charge in [-0.1, -0.05) is 6.42 Å². The number of hydrogen-bond acceptors (Lipinski definition) is 4. The summed E-state index contributed by atoms with van der Waals surface area (Å²) in [6, 6.07) is 1.60. The van der Waals surface area contributed by atoms with Gasteiger partial charge in [-0.3, -0.25) is 0 Å². The lowest BCUT2D eigenvalue weighted by Gasteiger charge is -2.02. The van der Waals surface area contributed by atoms with E-state index in [4.69, 9.17) is 9.52 Å². The minimum atomic E-state index is -0.931. The Morgan fingerprint density at radius 1 is 1.44 bits per heavy atom. The second-order valence-electron chi connectivity index (χ2n) is 4.22. The molecule has 0 spiro atoms. The van der Waals surface area contributed by atoms with E-state index in [1.165, 1.54) is 18.6 Å². The van der Waals surface area contributed by atoms with E-state index in [0.29, 0.717) is 18.1 Å². The molecular weight excluding hydrogens is 250 g/mol. The minimum Gasteiger partial charge on any atom is -0.478 e. The highest BCUT2D eigenvalue weighted by atomic mass is 32.2. The number of carboxylic acid groups (broad SMARTS) is 1. The molecule has 0 aliphatic carbocycles. The normalized spacial score (nSPS) is 10.8. The third-order valence-corrected chi connectivity index (χ3v) is 3.40. The third kappa shape index (κ3) is 5.14. The van der Waals surface area contributed by atoms with Crippen molar-refractivity contribution in [3.63, 3.8) is 0 Å². The van der Waals surface area contributed by atoms with Crippen molar-refractivity contribution in [2.45, 2.75) is 32.7 Å². The molecule has 0 bridgehead atoms. The van der Waals surface area contributed by atoms with Crippen LogP contribution in [0.3, 0.4) is 0 Å². The summed E-state index contributed by atoms with van der Waals surface area (Å²) in [7, 11) is 0. The highest BCUT2D eigenvalue weighted by molar-refractivity contribution is 7.98. The van der Waals surface area contributed by atoms with Crippen molar-refractivity contribution >= 4 is 17.7 Å². The van der Waals surface area contributed by atoms with E-state index < -0.39 is 5.97 Å². The summed E-state index contributed by atoms with van der Waals surface area (Å²) in [6.07, 6.45) is 5.75. The molecule has 102 valence electrons. The Balaban J connectivity index is 2.19. The van der Waals surface area contributed by atoms with Crippen molar-refractivity contribution in [2.75, 3.05) is 18.6 Å². The maximum atomic E-state index is 10.8. The first-order valence-electron chi connectivity index (χ1n) is 6.17. The van der Waals surface area contributed by atoms with Crippen LogP contribution in [0.4, 0.5) is 0 Å². The van der Waals surface area contributed by atoms with Crippen LogP contribution in [0.5, 0.6) is 0 Å². The van der Waals surface area contributed by atoms with Gasteiger partial charge in [0.15, 0.2) is 0 Å². The topological polar surface area (TPSA) is 62.5 Å². The summed E-state index contributed by atoms with van der Waals surface area (Å²) in [6.45, 7) is 3.21. The first-order valence-corrected chi connectivity index (χ1v) is 7.56. The van der Waals surface area contributed by atoms with Gasteiger partial charge in [-0.05, 0) is 44.4 Å². The molecule has 2 N–H and O–H groups in total. The summed E-state index contributed by atoms with van der Waals surface area (Å²) >= 11 is 1.88. The number of thioether (sulfide) groups is 1. The molecule has 1 aromatic rings. The number of rotatable bonds is 9. The van der Waals surface area contributed by atoms with Crippen LogP contribution in [0.2, 0.25) is 0 Å². The van der Waals surface area contributed by atoms with Crippen molar-refractivity contribution in [1.82, 2.24) is 5.32 Å². The molecule has 1 rings (SSSR count). The number of nitrogens with one attached hydrogen (secondary N) is 1. The summed E-state index contributed by atoms with van der Waals surface area (Å²) < 4.78 is 5.37. The number of hydrogen-bond donors (Lipinski definition) is 2. The summed E-state index contributed by atoms with van der Waals surface area (Å²) in [4.78, 5) is 10.8. The van der Waals surface area contributed by atoms with Crippen LogP contribution in [0.25, 0.3) is 0 Å². The van der Waals surface area contributed by atoms with Crippen molar-refractivity contribution in [2.24, 2.45) is 0 Å². The Kier molecular flexibility index (Phi) is 6.90. The Morgan fingerprint density at radius 3 is 2.83 bits per heavy atom. The standard InChI is InChI=1S/C13H21NO3S/c1-10-12(13(15)16)8-11(17-10)9-14-6-4-3-5-7-18-2/h8,14H,3-7,9H2,1-2H3,(H,15,16). The fourth-order valence-corrected chi connectivity index (χ4v) is 2.22. The first kappa shape index (κ1) is 15.1. The van der Waals surface area contributed by atoms with E-state index in [-0.39, 0.29) is 5.56 Å². The Hall–Kier alpha value is -0.940. The predicted molar refractivity (Wildman–Crippen MR) is 74.3 cm³/mol. The quantitative estimate of drug-likeness (QED) is 0.676. The van der Waals surface area contributed by atoms with Crippen LogP contribution in [0.1, 0.15) is 41.1 Å². The van der Waals surface area contributed by atoms with E-state index in [1.54, 1.807) is 13.0 Å². The van der Waals surface area contributed by atoms with Gasteiger partial charge >= 0.3 is 5.97 Å². The minimum absolute atomic E-state index is 0.256. The van der Waals surface area contributed by atoms with Gasteiger partial charge in [0.25, 0.3) is 0 Å². The van der Waals surface area contributed by atoms with Gasteiger partial charge in [0.05, 0.1) is 6.54 Å². The van der Waals surface area contributed by atoms with Gasteiger partial charge in [0, 0.05) is 0 Å². The van der Waals surface area contributed by atoms with E-state index in [2.05, 4.69) is 11.6 Å². The lowest BCUT2D eigenvalue weighted by atomic mass is 10.2. The highest BCUT2D eigenvalue weighted by Crippen LogP contribution is 2.14. The molecule has 0 fully saturated rings. The van der Waals surface area contributed by atoms with Crippen molar-refractivity contribution in [3.05, 3.63) is 23.2 Å². The number of aromatic carboxylic acids is 1. The molecule has 0 saturated carbocycles. The average Bonchev–Trinajstić information content (AvgIpc) is 2.69. The van der Waals surface area contributed by atoms with Crippen molar-refractivity contribution < 1.29 is 14.3 Å². The molecule has 0 atom stereocenters. The van der Waals surface area contributed by atoms with Crippen LogP contribution < -0.4 is 5.32 Å². The molecule has 0 amide bonds. The smallest absolute Gasteiger partial charge is 0.339 e. The maximum absolute atomic E-state index is 10.8.